The molecule has 0 saturated carbocycles. The highest BCUT2D eigenvalue weighted by Crippen LogP contribution is 2.38. The van der Waals surface area contributed by atoms with Crippen molar-refractivity contribution in [3.8, 4) is 0 Å². The van der Waals surface area contributed by atoms with Crippen LogP contribution in [0.2, 0.25) is 0 Å². The van der Waals surface area contributed by atoms with Gasteiger partial charge in [0.15, 0.2) is 0 Å². The molecule has 0 unspecified atom stereocenters. The van der Waals surface area contributed by atoms with Crippen LogP contribution in [0, 0.1) is 0 Å². The van der Waals surface area contributed by atoms with Crippen molar-refractivity contribution in [1.82, 2.24) is 4.98 Å². The number of nitrogens with one attached hydrogen (secondary N) is 1. The molecule has 0 spiro atoms. The number of aromatic amines is 1. The molecule has 17 heavy (non-hydrogen) atoms. The third kappa shape index (κ3) is 2.11. The highest BCUT2D eigenvalue weighted by atomic mass is 14.7. The van der Waals surface area contributed by atoms with Gasteiger partial charge in [-0.3, -0.25) is 0 Å². The molecule has 2 rings (SSSR count). The van der Waals surface area contributed by atoms with Gasteiger partial charge in [0.05, 0.1) is 0 Å². The fourth-order valence-corrected chi connectivity index (χ4v) is 2.57. The highest BCUT2D eigenvalue weighted by Gasteiger charge is 2.26. The van der Waals surface area contributed by atoms with Crippen molar-refractivity contribution in [1.29, 1.82) is 0 Å². The summed E-state index contributed by atoms with van der Waals surface area (Å²) in [6.07, 6.45) is 2.03. The fourth-order valence-electron chi connectivity index (χ4n) is 2.57. The summed E-state index contributed by atoms with van der Waals surface area (Å²) >= 11 is 0. The lowest BCUT2D eigenvalue weighted by Crippen LogP contribution is -2.22. The van der Waals surface area contributed by atoms with Crippen LogP contribution in [-0.4, -0.2) is 4.98 Å². The number of hydrogen-bond acceptors (Lipinski definition) is 0. The molecule has 1 aromatic heterocycles. The van der Waals surface area contributed by atoms with Crippen molar-refractivity contribution in [2.45, 2.75) is 52.4 Å². The van der Waals surface area contributed by atoms with Gasteiger partial charge in [-0.25, -0.2) is 0 Å². The molecular weight excluding hydrogens is 206 g/mol. The number of fused-ring (bicyclic) bond motifs is 1. The molecular formula is C16H23N. The number of aromatic nitrogens is 1. The summed E-state index contributed by atoms with van der Waals surface area (Å²) < 4.78 is 0. The molecule has 2 aromatic rings. The van der Waals surface area contributed by atoms with Gasteiger partial charge in [0.25, 0.3) is 0 Å². The van der Waals surface area contributed by atoms with Crippen LogP contribution in [-0.2, 0) is 10.8 Å². The van der Waals surface area contributed by atoms with E-state index >= 15 is 0 Å². The van der Waals surface area contributed by atoms with E-state index in [1.165, 1.54) is 22.0 Å². The van der Waals surface area contributed by atoms with E-state index < -0.39 is 0 Å². The third-order valence-electron chi connectivity index (χ3n) is 3.29. The van der Waals surface area contributed by atoms with Crippen molar-refractivity contribution in [2.24, 2.45) is 0 Å². The molecule has 1 heterocycles. The van der Waals surface area contributed by atoms with Crippen molar-refractivity contribution in [3.05, 3.63) is 35.5 Å². The van der Waals surface area contributed by atoms with E-state index in [0.29, 0.717) is 0 Å². The maximum atomic E-state index is 3.31. The quantitative estimate of drug-likeness (QED) is 0.670. The van der Waals surface area contributed by atoms with Gasteiger partial charge >= 0.3 is 0 Å². The maximum absolute atomic E-state index is 3.31. The Kier molecular flexibility index (Phi) is 2.61. The summed E-state index contributed by atoms with van der Waals surface area (Å²) in [5.41, 5.74) is 4.53. The second-order valence-corrected chi connectivity index (χ2v) is 6.93. The largest absolute Gasteiger partial charge is 0.361 e. The molecule has 0 aliphatic carbocycles. The molecule has 1 aromatic carbocycles. The molecule has 0 aliphatic rings. The summed E-state index contributed by atoms with van der Waals surface area (Å²) in [7, 11) is 0. The van der Waals surface area contributed by atoms with Gasteiger partial charge in [0.2, 0.25) is 0 Å². The van der Waals surface area contributed by atoms with Crippen LogP contribution >= 0.6 is 0 Å². The molecule has 0 amide bonds. The molecule has 0 radical (unpaired) electrons. The van der Waals surface area contributed by atoms with Crippen molar-refractivity contribution >= 4 is 10.9 Å². The zero-order valence-electron chi connectivity index (χ0n) is 11.8. The van der Waals surface area contributed by atoms with Gasteiger partial charge in [-0.1, -0.05) is 47.6 Å². The van der Waals surface area contributed by atoms with E-state index in [4.69, 9.17) is 0 Å². The lowest BCUT2D eigenvalue weighted by atomic mass is 9.74. The maximum Gasteiger partial charge on any atom is 0.0457 e. The van der Waals surface area contributed by atoms with Crippen molar-refractivity contribution in [3.63, 3.8) is 0 Å². The van der Waals surface area contributed by atoms with Crippen molar-refractivity contribution in [2.75, 3.05) is 0 Å². The Labute approximate surface area is 104 Å². The summed E-state index contributed by atoms with van der Waals surface area (Å²) in [5, 5.41) is 1.37. The number of H-pyrrole nitrogens is 1. The second-order valence-electron chi connectivity index (χ2n) is 6.93. The average molecular weight is 229 g/mol. The monoisotopic (exact) mass is 229 g/mol. The molecule has 1 heteroatoms. The van der Waals surface area contributed by atoms with Crippen LogP contribution in [0.3, 0.4) is 0 Å². The average Bonchev–Trinajstić information content (AvgIpc) is 2.59. The van der Waals surface area contributed by atoms with Gasteiger partial charge < -0.3 is 4.98 Å². The molecule has 0 saturated heterocycles. The predicted octanol–water partition coefficient (Wildman–Crippen LogP) is 4.76. The summed E-state index contributed by atoms with van der Waals surface area (Å²) in [5.74, 6) is 0. The van der Waals surface area contributed by atoms with E-state index in [0.717, 1.165) is 0 Å². The Morgan fingerprint density at radius 2 is 1.47 bits per heavy atom. The van der Waals surface area contributed by atoms with Crippen LogP contribution in [0.1, 0.15) is 52.7 Å². The third-order valence-corrected chi connectivity index (χ3v) is 3.29. The first-order chi connectivity index (χ1) is 7.71. The number of benzene rings is 1. The Morgan fingerprint density at radius 1 is 0.824 bits per heavy atom. The first kappa shape index (κ1) is 12.2. The standard InChI is InChI=1S/C16H23N/c1-15(2,3)12-7-8-13-11(9-10-17-13)14(12)16(4,5)6/h7-10,17H,1-6H3. The number of hydrogen-bond donors (Lipinski definition) is 1. The summed E-state index contributed by atoms with van der Waals surface area (Å²) in [6.45, 7) is 13.8. The minimum atomic E-state index is 0.171. The van der Waals surface area contributed by atoms with Gasteiger partial charge in [0, 0.05) is 17.1 Å². The van der Waals surface area contributed by atoms with E-state index in [2.05, 4.69) is 64.7 Å². The smallest absolute Gasteiger partial charge is 0.0457 e. The zero-order chi connectivity index (χ0) is 12.8. The SMILES string of the molecule is CC(C)(C)c1ccc2[nH]ccc2c1C(C)(C)C. The molecule has 0 atom stereocenters. The number of rotatable bonds is 0. The van der Waals surface area contributed by atoms with E-state index in [9.17, 15) is 0 Å². The molecule has 0 bridgehead atoms. The van der Waals surface area contributed by atoms with Crippen LogP contribution in [0.5, 0.6) is 0 Å². The predicted molar refractivity (Wildman–Crippen MR) is 75.7 cm³/mol. The topological polar surface area (TPSA) is 15.8 Å². The minimum Gasteiger partial charge on any atom is -0.361 e. The van der Waals surface area contributed by atoms with Crippen LogP contribution in [0.15, 0.2) is 24.4 Å². The van der Waals surface area contributed by atoms with Crippen LogP contribution in [0.4, 0.5) is 0 Å². The van der Waals surface area contributed by atoms with E-state index in [-0.39, 0.29) is 10.8 Å². The van der Waals surface area contributed by atoms with Gasteiger partial charge in [-0.2, -0.15) is 0 Å². The van der Waals surface area contributed by atoms with E-state index in [1.54, 1.807) is 0 Å². The Bertz CT molecular complexity index is 533. The molecule has 0 aliphatic heterocycles. The van der Waals surface area contributed by atoms with E-state index in [1.807, 2.05) is 6.20 Å². The first-order valence-electron chi connectivity index (χ1n) is 6.32. The molecule has 0 fully saturated rings. The Balaban J connectivity index is 2.85. The van der Waals surface area contributed by atoms with Crippen LogP contribution < -0.4 is 0 Å². The minimum absolute atomic E-state index is 0.171. The molecule has 1 N–H and O–H groups in total. The van der Waals surface area contributed by atoms with Crippen LogP contribution in [0.25, 0.3) is 10.9 Å². The van der Waals surface area contributed by atoms with Crippen molar-refractivity contribution < 1.29 is 0 Å². The second kappa shape index (κ2) is 3.63. The lowest BCUT2D eigenvalue weighted by molar-refractivity contribution is 0.535. The zero-order valence-corrected chi connectivity index (χ0v) is 11.8. The summed E-state index contributed by atoms with van der Waals surface area (Å²) in [4.78, 5) is 3.31. The first-order valence-corrected chi connectivity index (χ1v) is 6.32. The fraction of sp³-hybridized carbons (Fsp3) is 0.500. The van der Waals surface area contributed by atoms with Gasteiger partial charge in [-0.15, -0.1) is 0 Å². The molecule has 92 valence electrons. The van der Waals surface area contributed by atoms with Gasteiger partial charge in [0.1, 0.15) is 0 Å². The normalized spacial score (nSPS) is 13.3. The Hall–Kier alpha value is -1.24. The van der Waals surface area contributed by atoms with Gasteiger partial charge in [-0.05, 0) is 34.1 Å². The summed E-state index contributed by atoms with van der Waals surface area (Å²) in [6, 6.07) is 6.68. The highest BCUT2D eigenvalue weighted by molar-refractivity contribution is 5.85. The molecule has 1 nitrogen and oxygen atoms in total. The lowest BCUT2D eigenvalue weighted by Gasteiger charge is -2.30. The Morgan fingerprint density at radius 3 is 2.00 bits per heavy atom.